The Bertz CT molecular complexity index is 709. The number of hydrogen-bond donors (Lipinski definition) is 1. The highest BCUT2D eigenvalue weighted by Crippen LogP contribution is 2.40. The summed E-state index contributed by atoms with van der Waals surface area (Å²) in [6.45, 7) is 6.18. The summed E-state index contributed by atoms with van der Waals surface area (Å²) in [4.78, 5) is 28.1. The van der Waals surface area contributed by atoms with Crippen LogP contribution in [0.5, 0.6) is 0 Å². The fourth-order valence-electron chi connectivity index (χ4n) is 4.58. The van der Waals surface area contributed by atoms with Crippen molar-refractivity contribution < 1.29 is 14.3 Å². The maximum absolute atomic E-state index is 13.3. The van der Waals surface area contributed by atoms with Crippen molar-refractivity contribution in [2.45, 2.75) is 64.5 Å². The molecular weight excluding hydrogens is 388 g/mol. The second-order valence-electron chi connectivity index (χ2n) is 8.70. The summed E-state index contributed by atoms with van der Waals surface area (Å²) in [7, 11) is 0. The van der Waals surface area contributed by atoms with E-state index < -0.39 is 6.04 Å². The normalized spacial score (nSPS) is 23.9. The van der Waals surface area contributed by atoms with Crippen molar-refractivity contribution >= 4 is 23.4 Å². The molecule has 3 rings (SSSR count). The predicted molar refractivity (Wildman–Crippen MR) is 115 cm³/mol. The van der Waals surface area contributed by atoms with E-state index >= 15 is 0 Å². The van der Waals surface area contributed by atoms with Gasteiger partial charge in [0.2, 0.25) is 5.91 Å². The Morgan fingerprint density at radius 3 is 2.83 bits per heavy atom. The number of nitrogens with zero attached hydrogens (tertiary/aromatic N) is 1. The van der Waals surface area contributed by atoms with E-state index in [-0.39, 0.29) is 17.9 Å². The molecule has 0 radical (unpaired) electrons. The fraction of sp³-hybridized carbons (Fsp3) is 0.652. The molecular formula is C23H33ClN2O3. The van der Waals surface area contributed by atoms with Crippen molar-refractivity contribution in [1.82, 2.24) is 10.2 Å². The lowest BCUT2D eigenvalue weighted by Gasteiger charge is -2.33. The van der Waals surface area contributed by atoms with Gasteiger partial charge in [-0.3, -0.25) is 9.59 Å². The van der Waals surface area contributed by atoms with Crippen molar-refractivity contribution in [3.8, 4) is 0 Å². The molecule has 1 heterocycles. The van der Waals surface area contributed by atoms with Crippen molar-refractivity contribution in [1.29, 1.82) is 0 Å². The second-order valence-corrected chi connectivity index (χ2v) is 9.14. The zero-order chi connectivity index (χ0) is 20.8. The van der Waals surface area contributed by atoms with Crippen LogP contribution in [0, 0.1) is 11.8 Å². The molecule has 3 atom stereocenters. The number of likely N-dealkylation sites (tertiary alicyclic amines) is 1. The van der Waals surface area contributed by atoms with E-state index in [9.17, 15) is 9.59 Å². The van der Waals surface area contributed by atoms with Crippen LogP contribution in [0.2, 0.25) is 5.02 Å². The van der Waals surface area contributed by atoms with Crippen LogP contribution in [0.4, 0.5) is 0 Å². The first-order chi connectivity index (χ1) is 14.0. The molecule has 5 nitrogen and oxygen atoms in total. The average molecular weight is 421 g/mol. The van der Waals surface area contributed by atoms with Gasteiger partial charge in [0.25, 0.3) is 5.91 Å². The van der Waals surface area contributed by atoms with E-state index in [2.05, 4.69) is 19.2 Å². The molecule has 1 aliphatic heterocycles. The van der Waals surface area contributed by atoms with E-state index in [4.69, 9.17) is 16.3 Å². The van der Waals surface area contributed by atoms with E-state index in [1.807, 2.05) is 4.90 Å². The summed E-state index contributed by atoms with van der Waals surface area (Å²) in [6.07, 6.45) is 5.90. The van der Waals surface area contributed by atoms with Gasteiger partial charge in [0, 0.05) is 36.4 Å². The van der Waals surface area contributed by atoms with Crippen LogP contribution in [0.1, 0.15) is 62.7 Å². The molecule has 29 heavy (non-hydrogen) atoms. The molecule has 1 N–H and O–H groups in total. The number of carbonyl (C=O) groups excluding carboxylic acids is 2. The molecule has 0 aromatic heterocycles. The van der Waals surface area contributed by atoms with Crippen molar-refractivity contribution in [2.24, 2.45) is 11.8 Å². The maximum Gasteiger partial charge on any atom is 0.254 e. The topological polar surface area (TPSA) is 58.6 Å². The zero-order valence-corrected chi connectivity index (χ0v) is 18.3. The number of nitrogens with one attached hydrogen (secondary N) is 1. The van der Waals surface area contributed by atoms with Gasteiger partial charge in [0.05, 0.1) is 0 Å². The summed E-state index contributed by atoms with van der Waals surface area (Å²) < 4.78 is 5.58. The van der Waals surface area contributed by atoms with Crippen molar-refractivity contribution in [3.05, 3.63) is 34.9 Å². The lowest BCUT2D eigenvalue weighted by molar-refractivity contribution is -0.125. The lowest BCUT2D eigenvalue weighted by atomic mass is 9.84. The van der Waals surface area contributed by atoms with Crippen LogP contribution in [0.3, 0.4) is 0 Å². The molecule has 2 amide bonds. The Hall–Kier alpha value is -1.59. The number of amides is 2. The number of hydrogen-bond acceptors (Lipinski definition) is 3. The zero-order valence-electron chi connectivity index (χ0n) is 17.5. The van der Waals surface area contributed by atoms with Crippen LogP contribution in [0.15, 0.2) is 24.3 Å². The second kappa shape index (κ2) is 10.4. The summed E-state index contributed by atoms with van der Waals surface area (Å²) in [6, 6.07) is 6.78. The molecule has 160 valence electrons. The number of ether oxygens (including phenoxy) is 1. The Kier molecular flexibility index (Phi) is 7.96. The third-order valence-electron chi connectivity index (χ3n) is 5.91. The first-order valence-electron chi connectivity index (χ1n) is 10.9. The van der Waals surface area contributed by atoms with E-state index in [1.54, 1.807) is 24.3 Å². The first kappa shape index (κ1) is 22.1. The van der Waals surface area contributed by atoms with Crippen molar-refractivity contribution in [3.63, 3.8) is 0 Å². The number of halogens is 1. The first-order valence-corrected chi connectivity index (χ1v) is 11.3. The van der Waals surface area contributed by atoms with Gasteiger partial charge >= 0.3 is 0 Å². The minimum Gasteiger partial charge on any atom is -0.381 e. The van der Waals surface area contributed by atoms with Crippen LogP contribution < -0.4 is 5.32 Å². The predicted octanol–water partition coefficient (Wildman–Crippen LogP) is 4.29. The minimum absolute atomic E-state index is 0.0429. The molecule has 3 unspecified atom stereocenters. The number of benzene rings is 1. The molecule has 1 aliphatic carbocycles. The fourth-order valence-corrected chi connectivity index (χ4v) is 4.77. The minimum atomic E-state index is -0.397. The number of rotatable bonds is 8. The maximum atomic E-state index is 13.3. The van der Waals surface area contributed by atoms with E-state index in [0.29, 0.717) is 35.6 Å². The Morgan fingerprint density at radius 2 is 2.07 bits per heavy atom. The molecule has 1 saturated carbocycles. The van der Waals surface area contributed by atoms with Gasteiger partial charge in [0.1, 0.15) is 6.04 Å². The number of carbonyl (C=O) groups is 2. The van der Waals surface area contributed by atoms with Gasteiger partial charge < -0.3 is 15.0 Å². The van der Waals surface area contributed by atoms with Crippen LogP contribution in [-0.4, -0.2) is 48.6 Å². The average Bonchev–Trinajstić information content (AvgIpc) is 3.09. The van der Waals surface area contributed by atoms with Gasteiger partial charge in [0.15, 0.2) is 0 Å². The van der Waals surface area contributed by atoms with E-state index in [0.717, 1.165) is 38.7 Å². The van der Waals surface area contributed by atoms with Gasteiger partial charge in [-0.15, -0.1) is 0 Å². The third kappa shape index (κ3) is 5.73. The van der Waals surface area contributed by atoms with Gasteiger partial charge in [-0.2, -0.15) is 0 Å². The summed E-state index contributed by atoms with van der Waals surface area (Å²) in [5.41, 5.74) is 0.559. The quantitative estimate of drug-likeness (QED) is 0.638. The third-order valence-corrected chi connectivity index (χ3v) is 6.15. The smallest absolute Gasteiger partial charge is 0.254 e. The molecule has 6 heteroatoms. The molecule has 0 spiro atoms. The largest absolute Gasteiger partial charge is 0.381 e. The molecule has 2 fully saturated rings. The molecule has 2 aliphatic rings. The highest BCUT2D eigenvalue weighted by atomic mass is 35.5. The Morgan fingerprint density at radius 1 is 1.28 bits per heavy atom. The van der Waals surface area contributed by atoms with Gasteiger partial charge in [-0.25, -0.2) is 0 Å². The summed E-state index contributed by atoms with van der Waals surface area (Å²) in [5.74, 6) is 0.801. The van der Waals surface area contributed by atoms with Crippen LogP contribution in [0.25, 0.3) is 0 Å². The summed E-state index contributed by atoms with van der Waals surface area (Å²) in [5, 5.41) is 3.57. The standard InChI is InChI=1S/C23H33ClN2O3/c1-16(2)15-29-12-6-11-25-22(27)21-14-17-7-3-4-10-20(17)26(21)23(28)18-8-5-9-19(24)13-18/h5,8-9,13,16-17,20-21H,3-4,6-7,10-12,14-15H2,1-2H3,(H,25,27). The SMILES string of the molecule is CC(C)COCCCNC(=O)C1CC2CCCCC2N1C(=O)c1cccc(Cl)c1. The van der Waals surface area contributed by atoms with Gasteiger partial charge in [-0.05, 0) is 55.7 Å². The highest BCUT2D eigenvalue weighted by molar-refractivity contribution is 6.31. The highest BCUT2D eigenvalue weighted by Gasteiger charge is 2.47. The Labute approximate surface area is 179 Å². The van der Waals surface area contributed by atoms with E-state index in [1.165, 1.54) is 6.42 Å². The monoisotopic (exact) mass is 420 g/mol. The molecule has 0 bridgehead atoms. The Balaban J connectivity index is 1.63. The van der Waals surface area contributed by atoms with Crippen molar-refractivity contribution in [2.75, 3.05) is 19.8 Å². The van der Waals surface area contributed by atoms with Crippen LogP contribution >= 0.6 is 11.6 Å². The molecule has 1 aromatic carbocycles. The molecule has 1 saturated heterocycles. The van der Waals surface area contributed by atoms with Crippen LogP contribution in [-0.2, 0) is 9.53 Å². The lowest BCUT2D eigenvalue weighted by Crippen LogP contribution is -2.49. The number of fused-ring (bicyclic) bond motifs is 1. The summed E-state index contributed by atoms with van der Waals surface area (Å²) >= 11 is 6.10. The molecule has 1 aromatic rings. The van der Waals surface area contributed by atoms with Gasteiger partial charge in [-0.1, -0.05) is 44.4 Å².